The predicted octanol–water partition coefficient (Wildman–Crippen LogP) is 5.37. The highest BCUT2D eigenvalue weighted by atomic mass is 79.9. The third-order valence-corrected chi connectivity index (χ3v) is 6.14. The Hall–Kier alpha value is -3.05. The number of amides is 1. The quantitative estimate of drug-likeness (QED) is 0.212. The Balaban J connectivity index is 2.69. The molecule has 0 aliphatic rings. The average Bonchev–Trinajstić information content (AvgIpc) is 2.86. The summed E-state index contributed by atoms with van der Waals surface area (Å²) in [5, 5.41) is 2.67. The van der Waals surface area contributed by atoms with Crippen LogP contribution in [0.3, 0.4) is 0 Å². The molecule has 0 radical (unpaired) electrons. The van der Waals surface area contributed by atoms with Gasteiger partial charge in [-0.2, -0.15) is 0 Å². The van der Waals surface area contributed by atoms with Crippen LogP contribution >= 0.6 is 31.9 Å². The zero-order chi connectivity index (χ0) is 26.8. The summed E-state index contributed by atoms with van der Waals surface area (Å²) in [6.07, 6.45) is 1.77. The maximum absolute atomic E-state index is 12.5. The minimum absolute atomic E-state index is 0.209. The molecule has 1 N–H and O–H groups in total. The van der Waals surface area contributed by atoms with Crippen LogP contribution in [0.15, 0.2) is 39.3 Å². The van der Waals surface area contributed by atoms with Crippen molar-refractivity contribution in [2.75, 3.05) is 41.6 Å². The number of methoxy groups -OCH3 is 4. The average molecular weight is 629 g/mol. The Morgan fingerprint density at radius 2 is 1.31 bits per heavy atom. The molecule has 9 nitrogen and oxygen atoms in total. The van der Waals surface area contributed by atoms with E-state index in [9.17, 15) is 14.4 Å². The number of hydrogen-bond acceptors (Lipinski definition) is 8. The van der Waals surface area contributed by atoms with E-state index in [1.54, 1.807) is 31.2 Å². The second-order valence-electron chi connectivity index (χ2n) is 7.11. The Morgan fingerprint density at radius 1 is 0.833 bits per heavy atom. The summed E-state index contributed by atoms with van der Waals surface area (Å²) in [5.41, 5.74) is 2.35. The van der Waals surface area contributed by atoms with Gasteiger partial charge in [0.05, 0.1) is 44.0 Å². The molecule has 0 saturated carbocycles. The van der Waals surface area contributed by atoms with Crippen LogP contribution in [-0.2, 0) is 14.2 Å². The van der Waals surface area contributed by atoms with E-state index in [0.29, 0.717) is 50.1 Å². The number of carbonyl (C=O) groups excluding carboxylic acids is 3. The van der Waals surface area contributed by atoms with Crippen LogP contribution in [0.5, 0.6) is 11.5 Å². The minimum atomic E-state index is -0.580. The SMILES string of the molecule is CCOC(=O)NCCC=C(c1cc(Br)c(OC)c(C(=O)OC)c1)c1cc(Br)c(OC)c(C(=O)OC)c1. The predicted molar refractivity (Wildman–Crippen MR) is 141 cm³/mol. The van der Waals surface area contributed by atoms with Gasteiger partial charge in [0.15, 0.2) is 0 Å². The van der Waals surface area contributed by atoms with E-state index in [1.807, 2.05) is 6.08 Å². The summed E-state index contributed by atoms with van der Waals surface area (Å²) < 4.78 is 26.6. The fourth-order valence-electron chi connectivity index (χ4n) is 3.41. The largest absolute Gasteiger partial charge is 0.495 e. The van der Waals surface area contributed by atoms with E-state index in [4.69, 9.17) is 23.7 Å². The van der Waals surface area contributed by atoms with Crippen molar-refractivity contribution in [1.82, 2.24) is 5.32 Å². The molecule has 194 valence electrons. The molecule has 0 fully saturated rings. The van der Waals surface area contributed by atoms with Crippen molar-refractivity contribution in [2.45, 2.75) is 13.3 Å². The first-order chi connectivity index (χ1) is 17.2. The van der Waals surface area contributed by atoms with Gasteiger partial charge in [-0.15, -0.1) is 0 Å². The molecule has 0 spiro atoms. The van der Waals surface area contributed by atoms with Crippen molar-refractivity contribution in [3.63, 3.8) is 0 Å². The van der Waals surface area contributed by atoms with Crippen LogP contribution in [0.25, 0.3) is 5.57 Å². The van der Waals surface area contributed by atoms with Gasteiger partial charge in [0.1, 0.15) is 22.6 Å². The standard InChI is InChI=1S/C25H27Br2NO8/c1-6-36-25(31)28-9-7-8-16(14-10-17(23(29)34-4)21(32-2)19(26)12-14)15-11-18(24(30)35-5)22(33-3)20(27)13-15/h8,10-13H,6-7,9H2,1-5H3,(H,28,31). The number of benzene rings is 2. The number of ether oxygens (including phenoxy) is 5. The maximum Gasteiger partial charge on any atom is 0.407 e. The van der Waals surface area contributed by atoms with Gasteiger partial charge in [0, 0.05) is 6.54 Å². The molecule has 2 aromatic carbocycles. The van der Waals surface area contributed by atoms with Gasteiger partial charge in [-0.3, -0.25) is 0 Å². The van der Waals surface area contributed by atoms with Crippen LogP contribution in [0.4, 0.5) is 4.79 Å². The third kappa shape index (κ3) is 7.01. The van der Waals surface area contributed by atoms with Crippen LogP contribution in [0.2, 0.25) is 0 Å². The summed E-state index contributed by atoms with van der Waals surface area (Å²) in [4.78, 5) is 36.6. The second kappa shape index (κ2) is 13.9. The summed E-state index contributed by atoms with van der Waals surface area (Å²) in [5.74, 6) is -0.520. The van der Waals surface area contributed by atoms with Gasteiger partial charge in [-0.05, 0) is 86.2 Å². The first-order valence-electron chi connectivity index (χ1n) is 10.7. The van der Waals surface area contributed by atoms with Crippen molar-refractivity contribution in [2.24, 2.45) is 0 Å². The molecule has 0 aromatic heterocycles. The van der Waals surface area contributed by atoms with Crippen molar-refractivity contribution in [1.29, 1.82) is 0 Å². The lowest BCUT2D eigenvalue weighted by atomic mass is 9.93. The number of halogens is 2. The highest BCUT2D eigenvalue weighted by molar-refractivity contribution is 9.11. The summed E-state index contributed by atoms with van der Waals surface area (Å²) in [6.45, 7) is 2.28. The first-order valence-corrected chi connectivity index (χ1v) is 12.3. The van der Waals surface area contributed by atoms with Gasteiger partial charge < -0.3 is 29.0 Å². The molecule has 11 heteroatoms. The lowest BCUT2D eigenvalue weighted by molar-refractivity contribution is 0.0588. The topological polar surface area (TPSA) is 109 Å². The Labute approximate surface area is 226 Å². The molecule has 2 rings (SSSR count). The van der Waals surface area contributed by atoms with Crippen LogP contribution < -0.4 is 14.8 Å². The molecule has 0 saturated heterocycles. The highest BCUT2D eigenvalue weighted by Crippen LogP contribution is 2.39. The Kier molecular flexibility index (Phi) is 11.3. The highest BCUT2D eigenvalue weighted by Gasteiger charge is 2.22. The van der Waals surface area contributed by atoms with E-state index in [2.05, 4.69) is 37.2 Å². The third-order valence-electron chi connectivity index (χ3n) is 4.97. The van der Waals surface area contributed by atoms with Crippen molar-refractivity contribution in [3.05, 3.63) is 61.5 Å². The second-order valence-corrected chi connectivity index (χ2v) is 8.82. The molecule has 0 aliphatic carbocycles. The van der Waals surface area contributed by atoms with Crippen LogP contribution in [0.1, 0.15) is 45.2 Å². The van der Waals surface area contributed by atoms with Gasteiger partial charge >= 0.3 is 18.0 Å². The lowest BCUT2D eigenvalue weighted by Gasteiger charge is -2.17. The maximum atomic E-state index is 12.5. The fourth-order valence-corrected chi connectivity index (χ4v) is 4.66. The fraction of sp³-hybridized carbons (Fsp3) is 0.320. The van der Waals surface area contributed by atoms with E-state index in [0.717, 1.165) is 0 Å². The molecule has 1 amide bonds. The number of esters is 2. The normalized spacial score (nSPS) is 10.2. The van der Waals surface area contributed by atoms with Crippen molar-refractivity contribution >= 4 is 55.5 Å². The number of rotatable bonds is 10. The molecular weight excluding hydrogens is 602 g/mol. The summed E-state index contributed by atoms with van der Waals surface area (Å²) in [6, 6.07) is 6.84. The Bertz CT molecular complexity index is 1090. The van der Waals surface area contributed by atoms with Gasteiger partial charge in [0.2, 0.25) is 0 Å². The Morgan fingerprint density at radius 3 is 1.69 bits per heavy atom. The summed E-state index contributed by atoms with van der Waals surface area (Å²) >= 11 is 6.93. The molecule has 0 atom stereocenters. The molecule has 0 bridgehead atoms. The van der Waals surface area contributed by atoms with Crippen molar-refractivity contribution < 1.29 is 38.1 Å². The zero-order valence-corrected chi connectivity index (χ0v) is 23.7. The smallest absolute Gasteiger partial charge is 0.407 e. The molecule has 0 heterocycles. The number of hydrogen-bond donors (Lipinski definition) is 1. The monoisotopic (exact) mass is 627 g/mol. The minimum Gasteiger partial charge on any atom is -0.495 e. The summed E-state index contributed by atoms with van der Waals surface area (Å²) in [7, 11) is 5.47. The lowest BCUT2D eigenvalue weighted by Crippen LogP contribution is -2.24. The van der Waals surface area contributed by atoms with Crippen molar-refractivity contribution in [3.8, 4) is 11.5 Å². The van der Waals surface area contributed by atoms with E-state index in [-0.39, 0.29) is 17.7 Å². The zero-order valence-electron chi connectivity index (χ0n) is 20.5. The van der Waals surface area contributed by atoms with Crippen LogP contribution in [-0.4, -0.2) is 59.6 Å². The van der Waals surface area contributed by atoms with Gasteiger partial charge in [0.25, 0.3) is 0 Å². The molecular formula is C25H27Br2NO8. The van der Waals surface area contributed by atoms with E-state index < -0.39 is 18.0 Å². The molecule has 0 aliphatic heterocycles. The molecule has 2 aromatic rings. The van der Waals surface area contributed by atoms with Crippen LogP contribution in [0, 0.1) is 0 Å². The number of alkyl carbamates (subject to hydrolysis) is 1. The number of nitrogens with one attached hydrogen (secondary N) is 1. The first kappa shape index (κ1) is 29.2. The van der Waals surface area contributed by atoms with E-state index in [1.165, 1.54) is 28.4 Å². The van der Waals surface area contributed by atoms with Gasteiger partial charge in [-0.1, -0.05) is 6.08 Å². The van der Waals surface area contributed by atoms with Gasteiger partial charge in [-0.25, -0.2) is 14.4 Å². The van der Waals surface area contributed by atoms with E-state index >= 15 is 0 Å². The molecule has 36 heavy (non-hydrogen) atoms. The molecule has 0 unspecified atom stereocenters. The number of carbonyl (C=O) groups is 3.